The van der Waals surface area contributed by atoms with Gasteiger partial charge in [0.1, 0.15) is 5.82 Å². The highest BCUT2D eigenvalue weighted by Gasteiger charge is 2.26. The number of carbonyl (C=O) groups excluding carboxylic acids is 1. The molecule has 0 bridgehead atoms. The van der Waals surface area contributed by atoms with Crippen LogP contribution in [0.25, 0.3) is 22.0 Å². The average Bonchev–Trinajstić information content (AvgIpc) is 3.40. The van der Waals surface area contributed by atoms with Crippen LogP contribution in [0.15, 0.2) is 60.7 Å². The molecule has 1 unspecified atom stereocenters. The van der Waals surface area contributed by atoms with Crippen LogP contribution >= 0.6 is 0 Å². The van der Waals surface area contributed by atoms with Gasteiger partial charge in [0.05, 0.1) is 0 Å². The van der Waals surface area contributed by atoms with Crippen molar-refractivity contribution in [3.63, 3.8) is 0 Å². The van der Waals surface area contributed by atoms with Gasteiger partial charge < -0.3 is 15.6 Å². The Hall–Kier alpha value is -3.44. The molecule has 4 aromatic rings. The molecule has 5 heteroatoms. The van der Waals surface area contributed by atoms with Gasteiger partial charge in [-0.1, -0.05) is 24.3 Å². The molecule has 0 radical (unpaired) electrons. The Morgan fingerprint density at radius 2 is 1.82 bits per heavy atom. The van der Waals surface area contributed by atoms with Crippen LogP contribution in [0.5, 0.6) is 0 Å². The Bertz CT molecular complexity index is 1370. The van der Waals surface area contributed by atoms with E-state index in [0.717, 1.165) is 47.0 Å². The zero-order chi connectivity index (χ0) is 22.5. The van der Waals surface area contributed by atoms with Crippen molar-refractivity contribution in [3.8, 4) is 11.1 Å². The molecule has 33 heavy (non-hydrogen) atoms. The molecule has 0 saturated carbocycles. The number of nitrogens with one attached hydrogen (secondary N) is 3. The minimum absolute atomic E-state index is 0.0140. The number of aryl methyl sites for hydroxylation is 1. The van der Waals surface area contributed by atoms with E-state index in [9.17, 15) is 9.18 Å². The molecule has 1 aromatic heterocycles. The normalized spacial score (nSPS) is 18.1. The number of aromatic nitrogens is 1. The van der Waals surface area contributed by atoms with E-state index in [1.54, 1.807) is 0 Å². The zero-order valence-electron chi connectivity index (χ0n) is 18.5. The van der Waals surface area contributed by atoms with Crippen molar-refractivity contribution in [1.29, 1.82) is 0 Å². The molecule has 2 atom stereocenters. The number of hydrogen-bond acceptors (Lipinski definition) is 2. The zero-order valence-corrected chi connectivity index (χ0v) is 18.5. The Balaban J connectivity index is 1.32. The third-order valence-corrected chi connectivity index (χ3v) is 7.15. The smallest absolute Gasteiger partial charge is 0.251 e. The fraction of sp³-hybridized carbons (Fsp3) is 0.250. The highest BCUT2D eigenvalue weighted by molar-refractivity contribution is 5.99. The van der Waals surface area contributed by atoms with Gasteiger partial charge in [-0.15, -0.1) is 0 Å². The molecule has 0 spiro atoms. The molecule has 2 heterocycles. The highest BCUT2D eigenvalue weighted by Crippen LogP contribution is 2.38. The summed E-state index contributed by atoms with van der Waals surface area (Å²) in [5.41, 5.74) is 9.05. The van der Waals surface area contributed by atoms with E-state index >= 15 is 0 Å². The summed E-state index contributed by atoms with van der Waals surface area (Å²) in [6, 6.07) is 19.8. The van der Waals surface area contributed by atoms with E-state index in [1.165, 1.54) is 34.3 Å². The number of hydrogen-bond donors (Lipinski definition) is 3. The van der Waals surface area contributed by atoms with Crippen LogP contribution in [0, 0.1) is 5.82 Å². The van der Waals surface area contributed by atoms with Crippen LogP contribution in [0.1, 0.15) is 64.6 Å². The van der Waals surface area contributed by atoms with Crippen molar-refractivity contribution in [2.75, 3.05) is 0 Å². The Kier molecular flexibility index (Phi) is 4.80. The maximum Gasteiger partial charge on any atom is 0.251 e. The van der Waals surface area contributed by atoms with Gasteiger partial charge in [0.15, 0.2) is 0 Å². The number of rotatable bonds is 4. The van der Waals surface area contributed by atoms with Crippen molar-refractivity contribution in [2.24, 2.45) is 0 Å². The third-order valence-electron chi connectivity index (χ3n) is 7.15. The van der Waals surface area contributed by atoms with Gasteiger partial charge in [0.25, 0.3) is 5.91 Å². The maximum absolute atomic E-state index is 13.3. The molecule has 2 aliphatic rings. The number of aromatic amines is 1. The predicted molar refractivity (Wildman–Crippen MR) is 129 cm³/mol. The molecule has 0 fully saturated rings. The summed E-state index contributed by atoms with van der Waals surface area (Å²) >= 11 is 0. The molecule has 3 aromatic carbocycles. The first-order valence-corrected chi connectivity index (χ1v) is 11.6. The number of halogens is 1. The molecule has 166 valence electrons. The van der Waals surface area contributed by atoms with Crippen molar-refractivity contribution in [1.82, 2.24) is 15.6 Å². The fourth-order valence-electron chi connectivity index (χ4n) is 5.37. The third kappa shape index (κ3) is 3.53. The monoisotopic (exact) mass is 439 g/mol. The van der Waals surface area contributed by atoms with Gasteiger partial charge in [-0.2, -0.15) is 0 Å². The van der Waals surface area contributed by atoms with Gasteiger partial charge in [0, 0.05) is 40.8 Å². The Morgan fingerprint density at radius 3 is 2.67 bits per heavy atom. The lowest BCUT2D eigenvalue weighted by Gasteiger charge is -2.27. The molecule has 1 aliphatic carbocycles. The number of amides is 1. The fourth-order valence-corrected chi connectivity index (χ4v) is 5.37. The lowest BCUT2D eigenvalue weighted by Crippen LogP contribution is -2.27. The maximum atomic E-state index is 13.3. The second-order valence-electron chi connectivity index (χ2n) is 9.22. The first kappa shape index (κ1) is 20.2. The standard InChI is InChI=1S/C28H26FN3O/c1-16(17-5-9-21(29)10-6-17)31-26-4-2-3-23-24-14-19(8-12-25(24)32-27(23)26)18-7-11-22-20(13-18)15-30-28(22)33/h5-14,16,26,31-32H,2-4,15H2,1H3,(H,30,33)/t16-,26?/m1/s1. The van der Waals surface area contributed by atoms with E-state index < -0.39 is 0 Å². The topological polar surface area (TPSA) is 56.9 Å². The van der Waals surface area contributed by atoms with E-state index in [2.05, 4.69) is 46.8 Å². The number of benzene rings is 3. The lowest BCUT2D eigenvalue weighted by atomic mass is 9.90. The lowest BCUT2D eigenvalue weighted by molar-refractivity contribution is 0.0965. The Labute approximate surface area is 192 Å². The van der Waals surface area contributed by atoms with Crippen molar-refractivity contribution >= 4 is 16.8 Å². The summed E-state index contributed by atoms with van der Waals surface area (Å²) in [5.74, 6) is -0.191. The molecule has 1 aliphatic heterocycles. The summed E-state index contributed by atoms with van der Waals surface area (Å²) in [4.78, 5) is 15.6. The summed E-state index contributed by atoms with van der Waals surface area (Å²) in [5, 5.41) is 7.93. The van der Waals surface area contributed by atoms with Crippen molar-refractivity contribution in [2.45, 2.75) is 44.8 Å². The summed E-state index contributed by atoms with van der Waals surface area (Å²) in [7, 11) is 0. The molecule has 1 amide bonds. The second-order valence-corrected chi connectivity index (χ2v) is 9.22. The van der Waals surface area contributed by atoms with Gasteiger partial charge in [0.2, 0.25) is 0 Å². The number of H-pyrrole nitrogens is 1. The average molecular weight is 440 g/mol. The van der Waals surface area contributed by atoms with Crippen LogP contribution in [0.4, 0.5) is 4.39 Å². The van der Waals surface area contributed by atoms with Crippen LogP contribution in [0.2, 0.25) is 0 Å². The SMILES string of the molecule is C[C@@H](NC1CCCc2c1[nH]c1ccc(-c3ccc4c(c3)CNC4=O)cc21)c1ccc(F)cc1. The van der Waals surface area contributed by atoms with Gasteiger partial charge in [-0.3, -0.25) is 4.79 Å². The van der Waals surface area contributed by atoms with Crippen LogP contribution in [0.3, 0.4) is 0 Å². The minimum atomic E-state index is -0.205. The molecular formula is C28H26FN3O. The quantitative estimate of drug-likeness (QED) is 0.368. The molecule has 6 rings (SSSR count). The minimum Gasteiger partial charge on any atom is -0.357 e. The molecule has 3 N–H and O–H groups in total. The van der Waals surface area contributed by atoms with Gasteiger partial charge in [-0.05, 0) is 90.4 Å². The van der Waals surface area contributed by atoms with E-state index in [0.29, 0.717) is 6.54 Å². The van der Waals surface area contributed by atoms with E-state index in [1.807, 2.05) is 24.3 Å². The van der Waals surface area contributed by atoms with Crippen molar-refractivity contribution in [3.05, 3.63) is 94.4 Å². The molecule has 0 saturated heterocycles. The number of fused-ring (bicyclic) bond motifs is 4. The van der Waals surface area contributed by atoms with E-state index in [-0.39, 0.29) is 23.8 Å². The molecular weight excluding hydrogens is 413 g/mol. The molecule has 4 nitrogen and oxygen atoms in total. The van der Waals surface area contributed by atoms with Crippen molar-refractivity contribution < 1.29 is 9.18 Å². The van der Waals surface area contributed by atoms with E-state index in [4.69, 9.17) is 0 Å². The van der Waals surface area contributed by atoms with Crippen LogP contribution in [-0.4, -0.2) is 10.9 Å². The summed E-state index contributed by atoms with van der Waals surface area (Å²) < 4.78 is 13.3. The first-order chi connectivity index (χ1) is 16.1. The highest BCUT2D eigenvalue weighted by atomic mass is 19.1. The van der Waals surface area contributed by atoms with Crippen LogP contribution < -0.4 is 10.6 Å². The predicted octanol–water partition coefficient (Wildman–Crippen LogP) is 5.95. The summed E-state index contributed by atoms with van der Waals surface area (Å²) in [6.45, 7) is 2.74. The van der Waals surface area contributed by atoms with Gasteiger partial charge >= 0.3 is 0 Å². The van der Waals surface area contributed by atoms with Gasteiger partial charge in [-0.25, -0.2) is 4.39 Å². The van der Waals surface area contributed by atoms with Crippen LogP contribution in [-0.2, 0) is 13.0 Å². The largest absolute Gasteiger partial charge is 0.357 e. The Morgan fingerprint density at radius 1 is 1.03 bits per heavy atom. The number of carbonyl (C=O) groups is 1. The summed E-state index contributed by atoms with van der Waals surface area (Å²) in [6.07, 6.45) is 3.26. The second kappa shape index (κ2) is 7.85. The first-order valence-electron chi connectivity index (χ1n) is 11.6.